The Morgan fingerprint density at radius 1 is 1.17 bits per heavy atom. The first kappa shape index (κ1) is 23.2. The number of carbonyl (C=O) groups is 2. The molecule has 2 amide bonds. The second-order valence-electron chi connectivity index (χ2n) is 5.96. The zero-order valence-corrected chi connectivity index (χ0v) is 15.5. The molecule has 0 saturated carbocycles. The summed E-state index contributed by atoms with van der Waals surface area (Å²) in [6.45, 7) is 1.59. The molecule has 2 atom stereocenters. The second kappa shape index (κ2) is 11.1. The molecule has 0 aliphatic heterocycles. The lowest BCUT2D eigenvalue weighted by molar-refractivity contribution is -0.525. The van der Waals surface area contributed by atoms with E-state index in [1.807, 2.05) is 0 Å². The minimum atomic E-state index is -0.969. The summed E-state index contributed by atoms with van der Waals surface area (Å²) in [4.78, 5) is 44.7. The van der Waals surface area contributed by atoms with Gasteiger partial charge >= 0.3 is 0 Å². The summed E-state index contributed by atoms with van der Waals surface area (Å²) in [6, 6.07) is 3.34. The fraction of sp³-hybridized carbons (Fsp3) is 0.400. The first-order valence-electron chi connectivity index (χ1n) is 8.45. The Labute approximate surface area is 165 Å². The number of guanidine groups is 1. The predicted octanol–water partition coefficient (Wildman–Crippen LogP) is -0.549. The highest BCUT2D eigenvalue weighted by Gasteiger charge is 2.22. The quantitative estimate of drug-likeness (QED) is 0.0956. The number of hydrazine groups is 1. The molecule has 0 heterocycles. The van der Waals surface area contributed by atoms with Crippen molar-refractivity contribution in [2.75, 3.05) is 11.9 Å². The summed E-state index contributed by atoms with van der Waals surface area (Å²) in [7, 11) is 0. The van der Waals surface area contributed by atoms with Gasteiger partial charge in [0.25, 0.3) is 11.6 Å². The maximum atomic E-state index is 12.5. The molecule has 0 fully saturated rings. The zero-order valence-electron chi connectivity index (χ0n) is 15.5. The van der Waals surface area contributed by atoms with Gasteiger partial charge in [-0.1, -0.05) is 5.43 Å². The highest BCUT2D eigenvalue weighted by atomic mass is 16.7. The van der Waals surface area contributed by atoms with Crippen molar-refractivity contribution in [1.29, 1.82) is 5.41 Å². The summed E-state index contributed by atoms with van der Waals surface area (Å²) >= 11 is 0. The Morgan fingerprint density at radius 3 is 2.31 bits per heavy atom. The topological polar surface area (TPSA) is 218 Å². The van der Waals surface area contributed by atoms with Crippen molar-refractivity contribution in [3.05, 3.63) is 44.5 Å². The number of hydrogen-bond donors (Lipinski definition) is 6. The van der Waals surface area contributed by atoms with Crippen molar-refractivity contribution in [2.24, 2.45) is 5.73 Å². The Bertz CT molecular complexity index is 767. The Balaban J connectivity index is 2.68. The van der Waals surface area contributed by atoms with Gasteiger partial charge in [0.15, 0.2) is 5.03 Å². The van der Waals surface area contributed by atoms with Gasteiger partial charge in [-0.15, -0.1) is 0 Å². The molecule has 14 heteroatoms. The fourth-order valence-electron chi connectivity index (χ4n) is 2.12. The molecule has 0 aliphatic rings. The molecule has 0 saturated heterocycles. The van der Waals surface area contributed by atoms with Crippen LogP contribution in [0.25, 0.3) is 0 Å². The Kier molecular flexibility index (Phi) is 8.91. The molecular formula is C15H22N8O6. The van der Waals surface area contributed by atoms with E-state index in [0.717, 1.165) is 0 Å². The van der Waals surface area contributed by atoms with Gasteiger partial charge in [0, 0.05) is 24.4 Å². The van der Waals surface area contributed by atoms with Crippen LogP contribution in [0.15, 0.2) is 24.3 Å². The van der Waals surface area contributed by atoms with Crippen LogP contribution in [-0.4, -0.2) is 46.4 Å². The maximum absolute atomic E-state index is 12.5. The second-order valence-corrected chi connectivity index (χ2v) is 5.96. The van der Waals surface area contributed by atoms with Crippen molar-refractivity contribution < 1.29 is 19.5 Å². The van der Waals surface area contributed by atoms with Gasteiger partial charge in [0.2, 0.25) is 11.8 Å². The lowest BCUT2D eigenvalue weighted by Crippen LogP contribution is -2.49. The average Bonchev–Trinajstić information content (AvgIpc) is 2.63. The number of rotatable bonds is 10. The number of nitrogens with two attached hydrogens (primary N) is 1. The van der Waals surface area contributed by atoms with Crippen LogP contribution in [0.5, 0.6) is 0 Å². The minimum absolute atomic E-state index is 0.134. The van der Waals surface area contributed by atoms with E-state index < -0.39 is 39.8 Å². The number of nitrogens with zero attached hydrogens (tertiary/aromatic N) is 2. The summed E-state index contributed by atoms with van der Waals surface area (Å²) < 4.78 is 0. The number of benzene rings is 1. The normalized spacial score (nSPS) is 12.2. The monoisotopic (exact) mass is 410 g/mol. The van der Waals surface area contributed by atoms with Crippen LogP contribution in [0.3, 0.4) is 0 Å². The minimum Gasteiger partial charge on any atom is -0.352 e. The predicted molar refractivity (Wildman–Crippen MR) is 102 cm³/mol. The number of nitrogens with one attached hydrogen (secondary N) is 5. The number of hydrogen-bond acceptors (Lipinski definition) is 8. The van der Waals surface area contributed by atoms with Crippen molar-refractivity contribution in [1.82, 2.24) is 16.1 Å². The van der Waals surface area contributed by atoms with Crippen molar-refractivity contribution in [3.8, 4) is 0 Å². The van der Waals surface area contributed by atoms with Gasteiger partial charge in [0.1, 0.15) is 6.04 Å². The van der Waals surface area contributed by atoms with Gasteiger partial charge in [-0.05, 0) is 31.9 Å². The third-order valence-electron chi connectivity index (χ3n) is 3.57. The van der Waals surface area contributed by atoms with E-state index in [-0.39, 0.29) is 18.7 Å². The van der Waals surface area contributed by atoms with E-state index in [9.17, 15) is 29.8 Å². The lowest BCUT2D eigenvalue weighted by Gasteiger charge is -2.20. The standard InChI is InChI=1S/C15H22N8O6/c1-9(16)13(24)20-12(3-2-8-18-15(17)21-23(28)29)14(25)19-10-4-6-11(7-5-10)22(26)27/h4-7,9,12H,2-3,8,16H2,1H3,(H,19,25)(H,20,24)(H3,17,18,21)/t9-,12-/m0/s1. The summed E-state index contributed by atoms with van der Waals surface area (Å²) in [5.41, 5.74) is 7.29. The summed E-state index contributed by atoms with van der Waals surface area (Å²) in [6.07, 6.45) is 0.440. The molecule has 158 valence electrons. The van der Waals surface area contributed by atoms with Crippen LogP contribution in [0, 0.1) is 25.6 Å². The van der Waals surface area contributed by atoms with Crippen LogP contribution in [0.1, 0.15) is 19.8 Å². The number of nitro groups is 2. The van der Waals surface area contributed by atoms with Crippen molar-refractivity contribution >= 4 is 29.1 Å². The molecule has 0 bridgehead atoms. The summed E-state index contributed by atoms with van der Waals surface area (Å²) in [5, 5.41) is 34.8. The van der Waals surface area contributed by atoms with Crippen LogP contribution in [0.4, 0.5) is 11.4 Å². The molecule has 1 aromatic carbocycles. The van der Waals surface area contributed by atoms with E-state index in [4.69, 9.17) is 11.1 Å². The lowest BCUT2D eigenvalue weighted by atomic mass is 10.1. The highest BCUT2D eigenvalue weighted by Crippen LogP contribution is 2.16. The molecule has 0 unspecified atom stereocenters. The van der Waals surface area contributed by atoms with Crippen molar-refractivity contribution in [2.45, 2.75) is 31.8 Å². The van der Waals surface area contributed by atoms with Gasteiger partial charge in [-0.2, -0.15) is 0 Å². The first-order valence-corrected chi connectivity index (χ1v) is 8.45. The van der Waals surface area contributed by atoms with Gasteiger partial charge in [0.05, 0.1) is 11.0 Å². The largest absolute Gasteiger partial charge is 0.352 e. The maximum Gasteiger partial charge on any atom is 0.269 e. The number of amides is 2. The van der Waals surface area contributed by atoms with E-state index in [2.05, 4.69) is 16.0 Å². The van der Waals surface area contributed by atoms with Crippen LogP contribution < -0.4 is 27.1 Å². The Hall–Kier alpha value is -3.81. The van der Waals surface area contributed by atoms with Gasteiger partial charge in [-0.3, -0.25) is 25.1 Å². The van der Waals surface area contributed by atoms with Crippen LogP contribution >= 0.6 is 0 Å². The molecule has 1 rings (SSSR count). The summed E-state index contributed by atoms with van der Waals surface area (Å²) in [5.74, 6) is -1.63. The van der Waals surface area contributed by atoms with E-state index >= 15 is 0 Å². The zero-order chi connectivity index (χ0) is 22.0. The third-order valence-corrected chi connectivity index (χ3v) is 3.57. The smallest absolute Gasteiger partial charge is 0.269 e. The number of carbonyl (C=O) groups excluding carboxylic acids is 2. The van der Waals surface area contributed by atoms with Gasteiger partial charge < -0.3 is 21.7 Å². The van der Waals surface area contributed by atoms with Crippen molar-refractivity contribution in [3.63, 3.8) is 0 Å². The Morgan fingerprint density at radius 2 is 1.79 bits per heavy atom. The van der Waals surface area contributed by atoms with E-state index in [0.29, 0.717) is 12.1 Å². The number of nitro benzene ring substituents is 1. The molecular weight excluding hydrogens is 388 g/mol. The molecule has 14 nitrogen and oxygen atoms in total. The molecule has 0 aliphatic carbocycles. The SMILES string of the molecule is C[C@H](N)C(=O)N[C@@H](CCCNC(=N)N[N+](=O)[O-])C(=O)Nc1ccc([N+](=O)[O-])cc1. The first-order chi connectivity index (χ1) is 13.6. The molecule has 7 N–H and O–H groups in total. The molecule has 0 aromatic heterocycles. The molecule has 0 radical (unpaired) electrons. The highest BCUT2D eigenvalue weighted by molar-refractivity contribution is 5.97. The molecule has 29 heavy (non-hydrogen) atoms. The molecule has 0 spiro atoms. The van der Waals surface area contributed by atoms with Crippen LogP contribution in [-0.2, 0) is 9.59 Å². The van der Waals surface area contributed by atoms with E-state index in [1.54, 1.807) is 5.43 Å². The van der Waals surface area contributed by atoms with Crippen LogP contribution in [0.2, 0.25) is 0 Å². The van der Waals surface area contributed by atoms with Gasteiger partial charge in [-0.25, -0.2) is 10.1 Å². The fourth-order valence-corrected chi connectivity index (χ4v) is 2.12. The number of non-ortho nitro benzene ring substituents is 1. The van der Waals surface area contributed by atoms with E-state index in [1.165, 1.54) is 31.2 Å². The molecule has 1 aromatic rings. The number of anilines is 1. The third kappa shape index (κ3) is 8.61. The average molecular weight is 410 g/mol.